The van der Waals surface area contributed by atoms with Gasteiger partial charge in [-0.2, -0.15) is 0 Å². The molecule has 1 aromatic heterocycles. The van der Waals surface area contributed by atoms with Gasteiger partial charge >= 0.3 is 0 Å². The molecule has 0 unspecified atom stereocenters. The molecule has 27 heavy (non-hydrogen) atoms. The first kappa shape index (κ1) is 19.6. The van der Waals surface area contributed by atoms with Crippen LogP contribution in [0.2, 0.25) is 0 Å². The second-order valence-electron chi connectivity index (χ2n) is 7.71. The van der Waals surface area contributed by atoms with Crippen molar-refractivity contribution in [3.8, 4) is 0 Å². The lowest BCUT2D eigenvalue weighted by Gasteiger charge is -2.31. The highest BCUT2D eigenvalue weighted by molar-refractivity contribution is 5.52. The summed E-state index contributed by atoms with van der Waals surface area (Å²) in [5.41, 5.74) is 3.54. The number of aryl methyl sites for hydroxylation is 1. The number of hydrogen-bond acceptors (Lipinski definition) is 6. The number of fused-ring (bicyclic) bond motifs is 1. The predicted molar refractivity (Wildman–Crippen MR) is 108 cm³/mol. The minimum Gasteiger partial charge on any atom is -0.394 e. The van der Waals surface area contributed by atoms with Crippen LogP contribution in [0.15, 0.2) is 24.3 Å². The molecule has 0 bridgehead atoms. The van der Waals surface area contributed by atoms with Gasteiger partial charge in [0.25, 0.3) is 0 Å². The maximum atomic E-state index is 9.80. The number of anilines is 2. The number of rotatable bonds is 6. The Labute approximate surface area is 161 Å². The molecule has 0 radical (unpaired) electrons. The van der Waals surface area contributed by atoms with Crippen LogP contribution in [0, 0.1) is 12.8 Å². The molecule has 2 aromatic rings. The van der Waals surface area contributed by atoms with Crippen molar-refractivity contribution in [2.45, 2.75) is 52.8 Å². The Morgan fingerprint density at radius 3 is 2.59 bits per heavy atom. The zero-order valence-corrected chi connectivity index (χ0v) is 16.6. The Morgan fingerprint density at radius 1 is 1.15 bits per heavy atom. The molecule has 1 aliphatic rings. The van der Waals surface area contributed by atoms with Crippen molar-refractivity contribution in [2.75, 3.05) is 23.4 Å². The Kier molecular flexibility index (Phi) is 5.97. The lowest BCUT2D eigenvalue weighted by molar-refractivity contribution is 0.199. The fourth-order valence-electron chi connectivity index (χ4n) is 3.43. The summed E-state index contributed by atoms with van der Waals surface area (Å²) in [5, 5.41) is 22.7. The van der Waals surface area contributed by atoms with E-state index in [9.17, 15) is 10.2 Å². The average molecular weight is 370 g/mol. The Morgan fingerprint density at radius 2 is 1.93 bits per heavy atom. The van der Waals surface area contributed by atoms with Crippen LogP contribution in [0.3, 0.4) is 0 Å². The SMILES string of the molecule is Cc1nc(N[C@@H](CO)C(C)C)cc(N2CCc3cc([C@@H](C)O)ccc3C2)n1. The molecule has 146 valence electrons. The fourth-order valence-corrected chi connectivity index (χ4v) is 3.43. The molecule has 1 aromatic carbocycles. The van der Waals surface area contributed by atoms with Crippen molar-refractivity contribution in [3.05, 3.63) is 46.8 Å². The van der Waals surface area contributed by atoms with Crippen LogP contribution >= 0.6 is 0 Å². The average Bonchev–Trinajstić information content (AvgIpc) is 2.64. The molecule has 0 amide bonds. The molecule has 3 rings (SSSR count). The largest absolute Gasteiger partial charge is 0.394 e. The van der Waals surface area contributed by atoms with Crippen LogP contribution < -0.4 is 10.2 Å². The zero-order valence-electron chi connectivity index (χ0n) is 16.6. The van der Waals surface area contributed by atoms with Gasteiger partial charge in [-0.1, -0.05) is 32.0 Å². The smallest absolute Gasteiger partial charge is 0.134 e. The summed E-state index contributed by atoms with van der Waals surface area (Å²) in [6.07, 6.45) is 0.486. The molecule has 0 aliphatic carbocycles. The van der Waals surface area contributed by atoms with Crippen molar-refractivity contribution in [2.24, 2.45) is 5.92 Å². The molecule has 0 saturated heterocycles. The fraction of sp³-hybridized carbons (Fsp3) is 0.524. The summed E-state index contributed by atoms with van der Waals surface area (Å²) in [5.74, 6) is 2.67. The summed E-state index contributed by atoms with van der Waals surface area (Å²) >= 11 is 0. The van der Waals surface area contributed by atoms with E-state index in [0.717, 1.165) is 36.7 Å². The highest BCUT2D eigenvalue weighted by atomic mass is 16.3. The summed E-state index contributed by atoms with van der Waals surface area (Å²) in [6.45, 7) is 9.58. The highest BCUT2D eigenvalue weighted by Crippen LogP contribution is 2.27. The van der Waals surface area contributed by atoms with Gasteiger partial charge in [0, 0.05) is 19.2 Å². The second kappa shape index (κ2) is 8.23. The topological polar surface area (TPSA) is 81.5 Å². The van der Waals surface area contributed by atoms with E-state index in [-0.39, 0.29) is 12.6 Å². The quantitative estimate of drug-likeness (QED) is 0.725. The lowest BCUT2D eigenvalue weighted by Crippen LogP contribution is -2.32. The molecule has 6 heteroatoms. The van der Waals surface area contributed by atoms with Crippen molar-refractivity contribution in [1.29, 1.82) is 0 Å². The minimum atomic E-state index is -0.438. The molecular formula is C21H30N4O2. The van der Waals surface area contributed by atoms with E-state index in [1.165, 1.54) is 11.1 Å². The normalized spacial score (nSPS) is 16.2. The number of aromatic nitrogens is 2. The molecule has 0 saturated carbocycles. The van der Waals surface area contributed by atoms with Crippen LogP contribution in [0.4, 0.5) is 11.6 Å². The molecule has 0 fully saturated rings. The third-order valence-corrected chi connectivity index (χ3v) is 5.21. The molecule has 2 heterocycles. The number of benzene rings is 1. The van der Waals surface area contributed by atoms with Gasteiger partial charge in [-0.25, -0.2) is 9.97 Å². The third-order valence-electron chi connectivity index (χ3n) is 5.21. The van der Waals surface area contributed by atoms with Gasteiger partial charge in [-0.15, -0.1) is 0 Å². The van der Waals surface area contributed by atoms with Gasteiger partial charge in [0.1, 0.15) is 17.5 Å². The Balaban J connectivity index is 1.81. The van der Waals surface area contributed by atoms with Crippen molar-refractivity contribution >= 4 is 11.6 Å². The monoisotopic (exact) mass is 370 g/mol. The van der Waals surface area contributed by atoms with Crippen LogP contribution in [0.25, 0.3) is 0 Å². The van der Waals surface area contributed by atoms with E-state index in [2.05, 4.69) is 46.2 Å². The number of nitrogens with zero attached hydrogens (tertiary/aromatic N) is 3. The van der Waals surface area contributed by atoms with Crippen molar-refractivity contribution in [3.63, 3.8) is 0 Å². The standard InChI is InChI=1S/C21H30N4O2/c1-13(2)19(12-26)24-20-10-21(23-15(4)22-20)25-8-7-17-9-16(14(3)27)5-6-18(17)11-25/h5-6,9-10,13-14,19,26-27H,7-8,11-12H2,1-4H3,(H,22,23,24)/t14-,19+/m1/s1. The van der Waals surface area contributed by atoms with Crippen LogP contribution in [0.1, 0.15) is 49.4 Å². The summed E-state index contributed by atoms with van der Waals surface area (Å²) in [7, 11) is 0. The first-order valence-electron chi connectivity index (χ1n) is 9.65. The summed E-state index contributed by atoms with van der Waals surface area (Å²) in [6, 6.07) is 8.15. The van der Waals surface area contributed by atoms with E-state index >= 15 is 0 Å². The molecule has 0 spiro atoms. The number of aliphatic hydroxyl groups excluding tert-OH is 2. The number of aliphatic hydroxyl groups is 2. The van der Waals surface area contributed by atoms with Crippen molar-refractivity contribution < 1.29 is 10.2 Å². The number of nitrogens with one attached hydrogen (secondary N) is 1. The Bertz CT molecular complexity index is 792. The zero-order chi connectivity index (χ0) is 19.6. The second-order valence-corrected chi connectivity index (χ2v) is 7.71. The number of hydrogen-bond donors (Lipinski definition) is 3. The highest BCUT2D eigenvalue weighted by Gasteiger charge is 2.20. The summed E-state index contributed by atoms with van der Waals surface area (Å²) in [4.78, 5) is 11.4. The molecule has 2 atom stereocenters. The molecule has 1 aliphatic heterocycles. The van der Waals surface area contributed by atoms with E-state index in [1.54, 1.807) is 6.92 Å². The van der Waals surface area contributed by atoms with Crippen LogP contribution in [0.5, 0.6) is 0 Å². The predicted octanol–water partition coefficient (Wildman–Crippen LogP) is 2.83. The van der Waals surface area contributed by atoms with E-state index in [1.807, 2.05) is 19.1 Å². The van der Waals surface area contributed by atoms with Crippen molar-refractivity contribution in [1.82, 2.24) is 9.97 Å². The first-order valence-corrected chi connectivity index (χ1v) is 9.65. The summed E-state index contributed by atoms with van der Waals surface area (Å²) < 4.78 is 0. The van der Waals surface area contributed by atoms with Crippen LogP contribution in [-0.2, 0) is 13.0 Å². The van der Waals surface area contributed by atoms with E-state index < -0.39 is 6.10 Å². The Hall–Kier alpha value is -2.18. The lowest BCUT2D eigenvalue weighted by atomic mass is 9.96. The van der Waals surface area contributed by atoms with E-state index in [4.69, 9.17) is 0 Å². The van der Waals surface area contributed by atoms with Gasteiger partial charge in [0.15, 0.2) is 0 Å². The van der Waals surface area contributed by atoms with Gasteiger partial charge in [-0.05, 0) is 42.9 Å². The molecular weight excluding hydrogens is 340 g/mol. The maximum Gasteiger partial charge on any atom is 0.134 e. The van der Waals surface area contributed by atoms with Gasteiger partial charge < -0.3 is 20.4 Å². The van der Waals surface area contributed by atoms with Crippen LogP contribution in [-0.4, -0.2) is 39.4 Å². The van der Waals surface area contributed by atoms with Gasteiger partial charge in [0.05, 0.1) is 18.8 Å². The van der Waals surface area contributed by atoms with Gasteiger partial charge in [-0.3, -0.25) is 0 Å². The van der Waals surface area contributed by atoms with Gasteiger partial charge in [0.2, 0.25) is 0 Å². The van der Waals surface area contributed by atoms with E-state index in [0.29, 0.717) is 11.7 Å². The molecule has 3 N–H and O–H groups in total. The third kappa shape index (κ3) is 4.57. The molecule has 6 nitrogen and oxygen atoms in total. The first-order chi connectivity index (χ1) is 12.9. The minimum absolute atomic E-state index is 0.0341. The maximum absolute atomic E-state index is 9.80.